The number of carbonyl (C=O) groups excluding carboxylic acids is 2. The number of carboxylic acids is 1. The van der Waals surface area contributed by atoms with Crippen molar-refractivity contribution in [2.24, 2.45) is 5.92 Å². The number of phenolic OH excluding ortho intramolecular Hbond substituents is 1. The third-order valence-corrected chi connectivity index (χ3v) is 6.61. The number of allylic oxidation sites excluding steroid dienone is 3. The minimum atomic E-state index is -1.33. The Bertz CT molecular complexity index is 1180. The van der Waals surface area contributed by atoms with Crippen LogP contribution < -0.4 is 4.74 Å². The van der Waals surface area contributed by atoms with Gasteiger partial charge in [0.15, 0.2) is 0 Å². The van der Waals surface area contributed by atoms with Gasteiger partial charge in [-0.2, -0.15) is 0 Å². The van der Waals surface area contributed by atoms with E-state index in [1.807, 2.05) is 19.9 Å². The van der Waals surface area contributed by atoms with Gasteiger partial charge >= 0.3 is 17.9 Å². The highest BCUT2D eigenvalue weighted by molar-refractivity contribution is 5.92. The SMILES string of the molecule is C=C(C)[C@@H]1CCC(C)=C[C@H]1c1c(O)cc(C(C)(C)C(=O)OCCCCO[N+](=O)[O-])cc1OC(=O)C=CC(=O)O. The molecule has 0 radical (unpaired) electrons. The summed E-state index contributed by atoms with van der Waals surface area (Å²) in [6.07, 6.45) is 5.67. The van der Waals surface area contributed by atoms with E-state index in [1.165, 1.54) is 12.1 Å². The molecule has 1 aromatic carbocycles. The number of aromatic hydroxyl groups is 1. The third-order valence-electron chi connectivity index (χ3n) is 6.61. The van der Waals surface area contributed by atoms with Gasteiger partial charge in [0.1, 0.15) is 11.5 Å². The molecular weight excluding hydrogens is 510 g/mol. The topological polar surface area (TPSA) is 162 Å². The number of hydrogen-bond donors (Lipinski definition) is 2. The number of hydrogen-bond acceptors (Lipinski definition) is 9. The third kappa shape index (κ3) is 8.69. The maximum Gasteiger partial charge on any atom is 0.336 e. The molecule has 2 atom stereocenters. The van der Waals surface area contributed by atoms with Gasteiger partial charge in [-0.05, 0) is 77.0 Å². The molecule has 0 bridgehead atoms. The van der Waals surface area contributed by atoms with E-state index in [0.717, 1.165) is 30.1 Å². The number of phenols is 1. The molecule has 2 rings (SSSR count). The fraction of sp³-hybridized carbons (Fsp3) is 0.464. The summed E-state index contributed by atoms with van der Waals surface area (Å²) in [5, 5.41) is 29.4. The second-order valence-corrected chi connectivity index (χ2v) is 10.1. The number of benzene rings is 1. The number of rotatable bonds is 13. The first-order valence-electron chi connectivity index (χ1n) is 12.5. The highest BCUT2D eigenvalue weighted by Crippen LogP contribution is 2.48. The first-order chi connectivity index (χ1) is 18.2. The van der Waals surface area contributed by atoms with Crippen LogP contribution in [0.4, 0.5) is 0 Å². The van der Waals surface area contributed by atoms with Crippen molar-refractivity contribution in [1.82, 2.24) is 0 Å². The quantitative estimate of drug-likeness (QED) is 0.0672. The van der Waals surface area contributed by atoms with Crippen LogP contribution in [0.5, 0.6) is 11.5 Å². The Morgan fingerprint density at radius 1 is 1.21 bits per heavy atom. The summed E-state index contributed by atoms with van der Waals surface area (Å²) >= 11 is 0. The fourth-order valence-electron chi connectivity index (χ4n) is 4.39. The standard InChI is InChI=1S/C28H35NO10/c1-17(2)20-9-8-18(3)14-21(20)26-22(30)15-19(16-23(26)39-25(33)11-10-24(31)32)28(4,5)27(34)37-12-6-7-13-38-29(35)36/h10-11,14-16,20-21,30H,1,6-9,12-13H2,2-5H3,(H,31,32)/t20-,21+/m0/s1. The highest BCUT2D eigenvalue weighted by atomic mass is 16.9. The van der Waals surface area contributed by atoms with E-state index in [1.54, 1.807) is 13.8 Å². The number of carbonyl (C=O) groups is 3. The van der Waals surface area contributed by atoms with Crippen LogP contribution in [0.3, 0.4) is 0 Å². The van der Waals surface area contributed by atoms with Crippen LogP contribution in [0.15, 0.2) is 48.1 Å². The summed E-state index contributed by atoms with van der Waals surface area (Å²) in [5.74, 6) is -3.53. The van der Waals surface area contributed by atoms with E-state index in [0.29, 0.717) is 30.0 Å². The Morgan fingerprint density at radius 2 is 1.87 bits per heavy atom. The molecule has 0 saturated heterocycles. The van der Waals surface area contributed by atoms with Gasteiger partial charge in [-0.3, -0.25) is 4.79 Å². The number of ether oxygens (including phenoxy) is 2. The lowest BCUT2D eigenvalue weighted by molar-refractivity contribution is -0.757. The summed E-state index contributed by atoms with van der Waals surface area (Å²) in [4.78, 5) is 50.7. The number of aliphatic carboxylic acids is 1. The normalized spacial score (nSPS) is 17.3. The fourth-order valence-corrected chi connectivity index (χ4v) is 4.39. The molecule has 1 aliphatic rings. The van der Waals surface area contributed by atoms with Crippen molar-refractivity contribution < 1.29 is 44.0 Å². The summed E-state index contributed by atoms with van der Waals surface area (Å²) in [7, 11) is 0. The molecule has 0 unspecified atom stereocenters. The van der Waals surface area contributed by atoms with Crippen LogP contribution in [0.25, 0.3) is 0 Å². The Kier molecular flexibility index (Phi) is 10.8. The molecular formula is C28H35NO10. The monoisotopic (exact) mass is 545 g/mol. The second kappa shape index (κ2) is 13.6. The van der Waals surface area contributed by atoms with Gasteiger partial charge in [0.2, 0.25) is 0 Å². The minimum absolute atomic E-state index is 0.00165. The minimum Gasteiger partial charge on any atom is -0.507 e. The zero-order chi connectivity index (χ0) is 29.3. The predicted octanol–water partition coefficient (Wildman–Crippen LogP) is 4.76. The molecule has 2 N–H and O–H groups in total. The van der Waals surface area contributed by atoms with Crippen LogP contribution in [-0.2, 0) is 29.4 Å². The van der Waals surface area contributed by atoms with E-state index in [4.69, 9.17) is 14.6 Å². The molecule has 0 amide bonds. The summed E-state index contributed by atoms with van der Waals surface area (Å²) in [6, 6.07) is 2.90. The molecule has 0 aromatic heterocycles. The van der Waals surface area contributed by atoms with Crippen LogP contribution in [0, 0.1) is 16.0 Å². The van der Waals surface area contributed by atoms with E-state index in [2.05, 4.69) is 11.4 Å². The van der Waals surface area contributed by atoms with Gasteiger partial charge in [0.25, 0.3) is 5.09 Å². The Morgan fingerprint density at radius 3 is 2.49 bits per heavy atom. The van der Waals surface area contributed by atoms with Gasteiger partial charge in [0, 0.05) is 23.6 Å². The zero-order valence-corrected chi connectivity index (χ0v) is 22.6. The molecule has 0 fully saturated rings. The van der Waals surface area contributed by atoms with Crippen LogP contribution in [0.1, 0.15) is 70.4 Å². The van der Waals surface area contributed by atoms with Gasteiger partial charge in [0.05, 0.1) is 18.6 Å². The van der Waals surface area contributed by atoms with Crippen molar-refractivity contribution in [3.63, 3.8) is 0 Å². The summed E-state index contributed by atoms with van der Waals surface area (Å²) in [6.45, 7) is 11.0. The van der Waals surface area contributed by atoms with Gasteiger partial charge in [-0.1, -0.05) is 23.8 Å². The van der Waals surface area contributed by atoms with Gasteiger partial charge in [-0.15, -0.1) is 10.1 Å². The Balaban J connectivity index is 2.43. The zero-order valence-electron chi connectivity index (χ0n) is 22.6. The molecule has 0 heterocycles. The highest BCUT2D eigenvalue weighted by Gasteiger charge is 2.36. The van der Waals surface area contributed by atoms with E-state index >= 15 is 0 Å². The lowest BCUT2D eigenvalue weighted by atomic mass is 9.73. The average molecular weight is 546 g/mol. The molecule has 1 aromatic rings. The van der Waals surface area contributed by atoms with Crippen molar-refractivity contribution in [1.29, 1.82) is 0 Å². The molecule has 11 nitrogen and oxygen atoms in total. The number of carboxylic acid groups (broad SMARTS) is 1. The molecule has 11 heteroatoms. The van der Waals surface area contributed by atoms with Crippen molar-refractivity contribution in [3.05, 3.63) is 69.3 Å². The first kappa shape index (κ1) is 31.1. The summed E-state index contributed by atoms with van der Waals surface area (Å²) < 4.78 is 10.9. The largest absolute Gasteiger partial charge is 0.507 e. The van der Waals surface area contributed by atoms with Crippen LogP contribution in [0.2, 0.25) is 0 Å². The lowest BCUT2D eigenvalue weighted by Crippen LogP contribution is -2.31. The maximum atomic E-state index is 13.0. The van der Waals surface area contributed by atoms with E-state index < -0.39 is 28.4 Å². The number of esters is 2. The van der Waals surface area contributed by atoms with Crippen molar-refractivity contribution in [2.75, 3.05) is 13.2 Å². The first-order valence-corrected chi connectivity index (χ1v) is 12.5. The Labute approximate surface area is 226 Å². The second-order valence-electron chi connectivity index (χ2n) is 10.1. The van der Waals surface area contributed by atoms with Crippen molar-refractivity contribution in [2.45, 2.75) is 64.7 Å². The van der Waals surface area contributed by atoms with Crippen molar-refractivity contribution in [3.8, 4) is 11.5 Å². The summed E-state index contributed by atoms with van der Waals surface area (Å²) in [5.41, 5.74) is 1.34. The van der Waals surface area contributed by atoms with E-state index in [9.17, 15) is 29.6 Å². The molecule has 0 aliphatic heterocycles. The number of nitrogens with zero attached hydrogens (tertiary/aromatic N) is 1. The van der Waals surface area contributed by atoms with Gasteiger partial charge in [-0.25, -0.2) is 9.59 Å². The smallest absolute Gasteiger partial charge is 0.336 e. The van der Waals surface area contributed by atoms with Crippen molar-refractivity contribution >= 4 is 17.9 Å². The van der Waals surface area contributed by atoms with E-state index in [-0.39, 0.29) is 36.5 Å². The predicted molar refractivity (Wildman–Crippen MR) is 141 cm³/mol. The molecule has 212 valence electrons. The van der Waals surface area contributed by atoms with Crippen LogP contribution in [-0.4, -0.2) is 46.4 Å². The van der Waals surface area contributed by atoms with Crippen LogP contribution >= 0.6 is 0 Å². The molecule has 0 saturated carbocycles. The Hall–Kier alpha value is -4.15. The molecule has 0 spiro atoms. The number of unbranched alkanes of at least 4 members (excludes halogenated alkanes) is 1. The van der Waals surface area contributed by atoms with Gasteiger partial charge < -0.3 is 24.5 Å². The average Bonchev–Trinajstić information content (AvgIpc) is 2.84. The maximum absolute atomic E-state index is 13.0. The molecule has 1 aliphatic carbocycles. The lowest BCUT2D eigenvalue weighted by Gasteiger charge is -2.33. The molecule has 39 heavy (non-hydrogen) atoms.